The maximum absolute atomic E-state index is 5.71. The molecule has 0 fully saturated rings. The van der Waals surface area contributed by atoms with E-state index < -0.39 is 0 Å². The molecule has 0 aromatic heterocycles. The Balaban J connectivity index is 2.46. The van der Waals surface area contributed by atoms with Crippen LogP contribution in [-0.4, -0.2) is 20.7 Å². The standard InChI is InChI=1S/C16H19BrN2O/c1-19(14-5-3-4-6-16(14)20-2)15-11-13(17)8-7-12(15)9-10-18/h3-8,11H,9-10,18H2,1-2H3. The maximum Gasteiger partial charge on any atom is 0.142 e. The molecule has 0 spiro atoms. The van der Waals surface area contributed by atoms with Crippen molar-refractivity contribution in [1.29, 1.82) is 0 Å². The lowest BCUT2D eigenvalue weighted by Crippen LogP contribution is -2.14. The zero-order chi connectivity index (χ0) is 14.5. The molecule has 4 heteroatoms. The number of hydrogen-bond acceptors (Lipinski definition) is 3. The van der Waals surface area contributed by atoms with Crippen LogP contribution in [0, 0.1) is 0 Å². The van der Waals surface area contributed by atoms with Crippen molar-refractivity contribution in [3.63, 3.8) is 0 Å². The van der Waals surface area contributed by atoms with E-state index in [1.54, 1.807) is 7.11 Å². The molecule has 2 aromatic carbocycles. The van der Waals surface area contributed by atoms with Crippen molar-refractivity contribution in [3.05, 3.63) is 52.5 Å². The molecule has 106 valence electrons. The second-order valence-electron chi connectivity index (χ2n) is 4.54. The molecule has 0 aliphatic heterocycles. The van der Waals surface area contributed by atoms with Gasteiger partial charge in [0.15, 0.2) is 0 Å². The fourth-order valence-electron chi connectivity index (χ4n) is 2.25. The quantitative estimate of drug-likeness (QED) is 0.905. The number of nitrogens with two attached hydrogens (primary N) is 1. The predicted molar refractivity (Wildman–Crippen MR) is 88.0 cm³/mol. The minimum Gasteiger partial charge on any atom is -0.495 e. The van der Waals surface area contributed by atoms with Crippen molar-refractivity contribution in [2.75, 3.05) is 25.6 Å². The van der Waals surface area contributed by atoms with Gasteiger partial charge in [-0.15, -0.1) is 0 Å². The second-order valence-corrected chi connectivity index (χ2v) is 5.46. The first-order chi connectivity index (χ1) is 9.67. The summed E-state index contributed by atoms with van der Waals surface area (Å²) >= 11 is 3.53. The zero-order valence-electron chi connectivity index (χ0n) is 11.8. The summed E-state index contributed by atoms with van der Waals surface area (Å²) in [6, 6.07) is 14.3. The van der Waals surface area contributed by atoms with E-state index in [9.17, 15) is 0 Å². The molecular formula is C16H19BrN2O. The highest BCUT2D eigenvalue weighted by atomic mass is 79.9. The number of nitrogens with zero attached hydrogens (tertiary/aromatic N) is 1. The van der Waals surface area contributed by atoms with E-state index in [4.69, 9.17) is 10.5 Å². The molecule has 0 unspecified atom stereocenters. The maximum atomic E-state index is 5.71. The first-order valence-corrected chi connectivity index (χ1v) is 7.32. The van der Waals surface area contributed by atoms with Crippen LogP contribution in [0.15, 0.2) is 46.9 Å². The molecule has 3 nitrogen and oxygen atoms in total. The highest BCUT2D eigenvalue weighted by molar-refractivity contribution is 9.10. The number of hydrogen-bond donors (Lipinski definition) is 1. The lowest BCUT2D eigenvalue weighted by atomic mass is 10.1. The van der Waals surface area contributed by atoms with Crippen LogP contribution in [0.2, 0.25) is 0 Å². The fraction of sp³-hybridized carbons (Fsp3) is 0.250. The summed E-state index contributed by atoms with van der Waals surface area (Å²) in [5, 5.41) is 0. The Morgan fingerprint density at radius 2 is 1.90 bits per heavy atom. The number of methoxy groups -OCH3 is 1. The third-order valence-corrected chi connectivity index (χ3v) is 3.76. The molecule has 0 amide bonds. The Morgan fingerprint density at radius 1 is 1.15 bits per heavy atom. The second kappa shape index (κ2) is 6.77. The number of anilines is 2. The minimum absolute atomic E-state index is 0.633. The molecule has 0 heterocycles. The van der Waals surface area contributed by atoms with E-state index in [2.05, 4.69) is 33.0 Å². The van der Waals surface area contributed by atoms with E-state index in [1.807, 2.05) is 37.4 Å². The van der Waals surface area contributed by atoms with E-state index in [-0.39, 0.29) is 0 Å². The molecule has 0 radical (unpaired) electrons. The van der Waals surface area contributed by atoms with Crippen molar-refractivity contribution >= 4 is 27.3 Å². The number of para-hydroxylation sites is 2. The summed E-state index contributed by atoms with van der Waals surface area (Å²) in [6.45, 7) is 0.633. The van der Waals surface area contributed by atoms with Crippen molar-refractivity contribution in [2.45, 2.75) is 6.42 Å². The summed E-state index contributed by atoms with van der Waals surface area (Å²) in [5.74, 6) is 0.855. The average molecular weight is 335 g/mol. The first-order valence-electron chi connectivity index (χ1n) is 6.52. The fourth-order valence-corrected chi connectivity index (χ4v) is 2.60. The topological polar surface area (TPSA) is 38.5 Å². The molecule has 2 N–H and O–H groups in total. The average Bonchev–Trinajstić information content (AvgIpc) is 2.48. The third kappa shape index (κ3) is 3.14. The van der Waals surface area contributed by atoms with Crippen molar-refractivity contribution in [3.8, 4) is 5.75 Å². The Bertz CT molecular complexity index is 586. The number of rotatable bonds is 5. The van der Waals surface area contributed by atoms with E-state index in [0.29, 0.717) is 6.54 Å². The Hall–Kier alpha value is -1.52. The molecule has 0 atom stereocenters. The monoisotopic (exact) mass is 334 g/mol. The Kier molecular flexibility index (Phi) is 5.04. The zero-order valence-corrected chi connectivity index (χ0v) is 13.4. The number of benzene rings is 2. The first kappa shape index (κ1) is 14.9. The molecule has 0 bridgehead atoms. The van der Waals surface area contributed by atoms with Gasteiger partial charge < -0.3 is 15.4 Å². The predicted octanol–water partition coefficient (Wildman–Crippen LogP) is 3.73. The lowest BCUT2D eigenvalue weighted by molar-refractivity contribution is 0.415. The number of ether oxygens (including phenoxy) is 1. The van der Waals surface area contributed by atoms with Crippen molar-refractivity contribution in [2.24, 2.45) is 5.73 Å². The van der Waals surface area contributed by atoms with Gasteiger partial charge in [-0.25, -0.2) is 0 Å². The van der Waals surface area contributed by atoms with Gasteiger partial charge >= 0.3 is 0 Å². The van der Waals surface area contributed by atoms with Crippen LogP contribution in [-0.2, 0) is 6.42 Å². The van der Waals surface area contributed by atoms with Crippen LogP contribution in [0.1, 0.15) is 5.56 Å². The van der Waals surface area contributed by atoms with Gasteiger partial charge in [-0.3, -0.25) is 0 Å². The molecule has 0 saturated heterocycles. The van der Waals surface area contributed by atoms with Crippen molar-refractivity contribution < 1.29 is 4.74 Å². The molecular weight excluding hydrogens is 316 g/mol. The summed E-state index contributed by atoms with van der Waals surface area (Å²) in [5.41, 5.74) is 9.10. The van der Waals surface area contributed by atoms with Crippen molar-refractivity contribution in [1.82, 2.24) is 0 Å². The highest BCUT2D eigenvalue weighted by Crippen LogP contribution is 2.35. The van der Waals surface area contributed by atoms with Crippen LogP contribution in [0.4, 0.5) is 11.4 Å². The molecule has 0 aliphatic carbocycles. The summed E-state index contributed by atoms with van der Waals surface area (Å²) in [4.78, 5) is 2.13. The Morgan fingerprint density at radius 3 is 2.60 bits per heavy atom. The van der Waals surface area contributed by atoms with E-state index in [1.165, 1.54) is 5.56 Å². The number of halogens is 1. The molecule has 20 heavy (non-hydrogen) atoms. The molecule has 2 rings (SSSR count). The van der Waals surface area contributed by atoms with Crippen LogP contribution < -0.4 is 15.4 Å². The van der Waals surface area contributed by atoms with Crippen LogP contribution in [0.5, 0.6) is 5.75 Å². The normalized spacial score (nSPS) is 10.4. The van der Waals surface area contributed by atoms with E-state index >= 15 is 0 Å². The van der Waals surface area contributed by atoms with Gasteiger partial charge in [-0.2, -0.15) is 0 Å². The highest BCUT2D eigenvalue weighted by Gasteiger charge is 2.13. The van der Waals surface area contributed by atoms with Gasteiger partial charge in [0.2, 0.25) is 0 Å². The molecule has 0 saturated carbocycles. The van der Waals surface area contributed by atoms with Gasteiger partial charge in [-0.05, 0) is 42.8 Å². The van der Waals surface area contributed by atoms with Crippen LogP contribution in [0.3, 0.4) is 0 Å². The molecule has 2 aromatic rings. The van der Waals surface area contributed by atoms with Gasteiger partial charge in [-0.1, -0.05) is 34.1 Å². The smallest absolute Gasteiger partial charge is 0.142 e. The summed E-state index contributed by atoms with van der Waals surface area (Å²) in [6.07, 6.45) is 0.849. The SMILES string of the molecule is COc1ccccc1N(C)c1cc(Br)ccc1CCN. The van der Waals surface area contributed by atoms with E-state index in [0.717, 1.165) is 28.0 Å². The largest absolute Gasteiger partial charge is 0.495 e. The summed E-state index contributed by atoms with van der Waals surface area (Å²) < 4.78 is 6.49. The van der Waals surface area contributed by atoms with Gasteiger partial charge in [0, 0.05) is 17.2 Å². The van der Waals surface area contributed by atoms with Gasteiger partial charge in [0.25, 0.3) is 0 Å². The van der Waals surface area contributed by atoms with Gasteiger partial charge in [0.05, 0.1) is 12.8 Å². The third-order valence-electron chi connectivity index (χ3n) is 3.27. The summed E-state index contributed by atoms with van der Waals surface area (Å²) in [7, 11) is 3.73. The Labute approximate surface area is 128 Å². The molecule has 0 aliphatic rings. The van der Waals surface area contributed by atoms with Crippen LogP contribution in [0.25, 0.3) is 0 Å². The van der Waals surface area contributed by atoms with Crippen LogP contribution >= 0.6 is 15.9 Å². The lowest BCUT2D eigenvalue weighted by Gasteiger charge is -2.24. The minimum atomic E-state index is 0.633. The van der Waals surface area contributed by atoms with Gasteiger partial charge in [0.1, 0.15) is 5.75 Å².